The minimum atomic E-state index is -0.109. The second-order valence-electron chi connectivity index (χ2n) is 10.3. The molecule has 0 spiro atoms. The molecule has 194 valence electrons. The zero-order valence-corrected chi connectivity index (χ0v) is 22.4. The van der Waals surface area contributed by atoms with E-state index in [0.29, 0.717) is 11.2 Å². The summed E-state index contributed by atoms with van der Waals surface area (Å²) in [5.74, 6) is 0.918. The van der Waals surface area contributed by atoms with Gasteiger partial charge in [-0.1, -0.05) is 36.4 Å². The van der Waals surface area contributed by atoms with Crippen LogP contribution in [0.25, 0.3) is 16.5 Å². The number of rotatable bonds is 6. The third-order valence-electron chi connectivity index (χ3n) is 7.91. The van der Waals surface area contributed by atoms with E-state index in [1.165, 1.54) is 23.6 Å². The average Bonchev–Trinajstić information content (AvgIpc) is 3.74. The molecule has 2 aliphatic rings. The Labute approximate surface area is 234 Å². The first-order valence-corrected chi connectivity index (χ1v) is 14.1. The first-order chi connectivity index (χ1) is 19.2. The molecule has 3 heterocycles. The van der Waals surface area contributed by atoms with Crippen molar-refractivity contribution in [1.82, 2.24) is 14.9 Å². The molecule has 1 saturated heterocycles. The van der Waals surface area contributed by atoms with Crippen LogP contribution >= 0.6 is 12.2 Å². The van der Waals surface area contributed by atoms with Crippen molar-refractivity contribution in [1.29, 1.82) is 0 Å². The molecule has 2 atom stereocenters. The second kappa shape index (κ2) is 10.2. The van der Waals surface area contributed by atoms with E-state index >= 15 is 0 Å². The van der Waals surface area contributed by atoms with Crippen LogP contribution < -0.4 is 15.0 Å². The average molecular weight is 531 g/mol. The number of ether oxygens (including phenoxy) is 1. The lowest BCUT2D eigenvalue weighted by atomic mass is 10.0. The highest BCUT2D eigenvalue weighted by Crippen LogP contribution is 2.42. The van der Waals surface area contributed by atoms with E-state index in [1.54, 1.807) is 0 Å². The van der Waals surface area contributed by atoms with Crippen molar-refractivity contribution >= 4 is 33.8 Å². The van der Waals surface area contributed by atoms with E-state index in [1.807, 2.05) is 18.3 Å². The van der Waals surface area contributed by atoms with Crippen molar-refractivity contribution in [2.24, 2.45) is 0 Å². The number of nitrogens with one attached hydrogen (secondary N) is 1. The molecule has 0 bridgehead atoms. The highest BCUT2D eigenvalue weighted by atomic mass is 32.1. The third kappa shape index (κ3) is 4.55. The molecule has 6 heteroatoms. The van der Waals surface area contributed by atoms with Crippen LogP contribution in [0.15, 0.2) is 109 Å². The summed E-state index contributed by atoms with van der Waals surface area (Å²) in [7, 11) is 0. The molecule has 5 aromatic rings. The van der Waals surface area contributed by atoms with Crippen LogP contribution in [-0.4, -0.2) is 20.8 Å². The van der Waals surface area contributed by atoms with Crippen LogP contribution in [0.5, 0.6) is 5.75 Å². The predicted octanol–water partition coefficient (Wildman–Crippen LogP) is 7.52. The Morgan fingerprint density at radius 2 is 1.56 bits per heavy atom. The SMILES string of the molecule is S=C1NC(c2ccccn2)C(c2cccn2-c2ccc3ccccc3c2)N1c1ccc(OC2CCCC2)cc1. The molecule has 0 radical (unpaired) electrons. The van der Waals surface area contributed by atoms with Gasteiger partial charge in [0, 0.05) is 29.5 Å². The molecule has 3 aromatic carbocycles. The van der Waals surface area contributed by atoms with Gasteiger partial charge in [-0.2, -0.15) is 0 Å². The van der Waals surface area contributed by atoms with Gasteiger partial charge in [0.25, 0.3) is 0 Å². The summed E-state index contributed by atoms with van der Waals surface area (Å²) < 4.78 is 8.51. The zero-order valence-electron chi connectivity index (χ0n) is 21.6. The normalized spacial score (nSPS) is 19.5. The van der Waals surface area contributed by atoms with Gasteiger partial charge in [-0.05, 0) is 109 Å². The Kier molecular flexibility index (Phi) is 6.25. The minimum Gasteiger partial charge on any atom is -0.490 e. The van der Waals surface area contributed by atoms with Crippen molar-refractivity contribution in [3.05, 3.63) is 121 Å². The van der Waals surface area contributed by atoms with Crippen molar-refractivity contribution in [2.75, 3.05) is 4.90 Å². The maximum Gasteiger partial charge on any atom is 0.174 e. The number of thiocarbonyl (C=S) groups is 1. The number of hydrogen-bond acceptors (Lipinski definition) is 3. The summed E-state index contributed by atoms with van der Waals surface area (Å²) >= 11 is 5.97. The number of benzene rings is 3. The summed E-state index contributed by atoms with van der Waals surface area (Å²) in [6.07, 6.45) is 9.10. The van der Waals surface area contributed by atoms with Crippen molar-refractivity contribution in [2.45, 2.75) is 43.9 Å². The first kappa shape index (κ1) is 23.9. The summed E-state index contributed by atoms with van der Waals surface area (Å²) in [6, 6.07) is 33.6. The highest BCUT2D eigenvalue weighted by molar-refractivity contribution is 7.80. The van der Waals surface area contributed by atoms with Crippen LogP contribution in [0.2, 0.25) is 0 Å². The van der Waals surface area contributed by atoms with Crippen molar-refractivity contribution < 1.29 is 4.74 Å². The van der Waals surface area contributed by atoms with Gasteiger partial charge in [-0.25, -0.2) is 0 Å². The highest BCUT2D eigenvalue weighted by Gasteiger charge is 2.42. The van der Waals surface area contributed by atoms with Crippen LogP contribution in [0.1, 0.15) is 49.2 Å². The fourth-order valence-corrected chi connectivity index (χ4v) is 6.36. The van der Waals surface area contributed by atoms with Gasteiger partial charge in [-0.3, -0.25) is 4.98 Å². The summed E-state index contributed by atoms with van der Waals surface area (Å²) in [6.45, 7) is 0. The Hall–Kier alpha value is -4.16. The van der Waals surface area contributed by atoms with Crippen LogP contribution in [0, 0.1) is 0 Å². The largest absolute Gasteiger partial charge is 0.490 e. The molecule has 1 saturated carbocycles. The smallest absolute Gasteiger partial charge is 0.174 e. The van der Waals surface area contributed by atoms with Gasteiger partial charge in [-0.15, -0.1) is 0 Å². The number of pyridine rings is 1. The lowest BCUT2D eigenvalue weighted by Crippen LogP contribution is -2.30. The number of aromatic nitrogens is 2. The molecule has 0 amide bonds. The molecule has 2 fully saturated rings. The van der Waals surface area contributed by atoms with E-state index < -0.39 is 0 Å². The van der Waals surface area contributed by atoms with Gasteiger partial charge >= 0.3 is 0 Å². The summed E-state index contributed by atoms with van der Waals surface area (Å²) in [4.78, 5) is 6.94. The van der Waals surface area contributed by atoms with E-state index in [4.69, 9.17) is 21.9 Å². The lowest BCUT2D eigenvalue weighted by molar-refractivity contribution is 0.210. The van der Waals surface area contributed by atoms with Crippen LogP contribution in [-0.2, 0) is 0 Å². The first-order valence-electron chi connectivity index (χ1n) is 13.7. The quantitative estimate of drug-likeness (QED) is 0.230. The van der Waals surface area contributed by atoms with E-state index in [-0.39, 0.29) is 12.1 Å². The van der Waals surface area contributed by atoms with Gasteiger partial charge in [0.05, 0.1) is 17.8 Å². The molecule has 2 aromatic heterocycles. The molecule has 1 aliphatic carbocycles. The van der Waals surface area contributed by atoms with Gasteiger partial charge in [0.1, 0.15) is 11.8 Å². The molecule has 5 nitrogen and oxygen atoms in total. The predicted molar refractivity (Wildman–Crippen MR) is 161 cm³/mol. The summed E-state index contributed by atoms with van der Waals surface area (Å²) in [5, 5.41) is 6.72. The van der Waals surface area contributed by atoms with E-state index in [2.05, 4.69) is 106 Å². The number of anilines is 1. The fraction of sp³-hybridized carbons (Fsp3) is 0.212. The van der Waals surface area contributed by atoms with Crippen molar-refractivity contribution in [3.63, 3.8) is 0 Å². The van der Waals surface area contributed by atoms with E-state index in [9.17, 15) is 0 Å². The van der Waals surface area contributed by atoms with Gasteiger partial charge in [0.2, 0.25) is 0 Å². The number of hydrogen-bond donors (Lipinski definition) is 1. The van der Waals surface area contributed by atoms with Crippen LogP contribution in [0.3, 0.4) is 0 Å². The molecule has 7 rings (SSSR count). The van der Waals surface area contributed by atoms with Crippen LogP contribution in [0.4, 0.5) is 5.69 Å². The Balaban J connectivity index is 1.29. The molecule has 2 unspecified atom stereocenters. The minimum absolute atomic E-state index is 0.101. The van der Waals surface area contributed by atoms with Crippen molar-refractivity contribution in [3.8, 4) is 11.4 Å². The number of fused-ring (bicyclic) bond motifs is 1. The molecular weight excluding hydrogens is 500 g/mol. The van der Waals surface area contributed by atoms with Gasteiger partial charge < -0.3 is 19.5 Å². The molecular formula is C33H30N4OS. The lowest BCUT2D eigenvalue weighted by Gasteiger charge is -2.29. The van der Waals surface area contributed by atoms with Gasteiger partial charge in [0.15, 0.2) is 5.11 Å². The molecule has 1 N–H and O–H groups in total. The zero-order chi connectivity index (χ0) is 26.2. The Morgan fingerprint density at radius 3 is 2.36 bits per heavy atom. The molecule has 39 heavy (non-hydrogen) atoms. The second-order valence-corrected chi connectivity index (χ2v) is 10.7. The maximum atomic E-state index is 6.24. The Morgan fingerprint density at radius 1 is 0.795 bits per heavy atom. The van der Waals surface area contributed by atoms with E-state index in [0.717, 1.165) is 41.4 Å². The molecule has 1 aliphatic heterocycles. The monoisotopic (exact) mass is 530 g/mol. The Bertz CT molecular complexity index is 1610. The number of nitrogens with zero attached hydrogens (tertiary/aromatic N) is 3. The fourth-order valence-electron chi connectivity index (χ4n) is 6.01. The maximum absolute atomic E-state index is 6.24. The summed E-state index contributed by atoms with van der Waals surface area (Å²) in [5.41, 5.74) is 4.24. The third-order valence-corrected chi connectivity index (χ3v) is 8.23. The standard InChI is InChI=1S/C33H30N4OS/c39-33-35-31(29-12-5-6-20-34-29)32(37(33)25-16-18-28(19-17-25)38-27-10-3-4-11-27)30-13-7-21-36(30)26-15-14-23-8-1-2-9-24(23)22-26/h1-2,5-9,12-22,27,31-32H,3-4,10-11H2,(H,35,39). The topological polar surface area (TPSA) is 42.3 Å².